The van der Waals surface area contributed by atoms with Crippen LogP contribution >= 0.6 is 23.2 Å². The van der Waals surface area contributed by atoms with Crippen molar-refractivity contribution in [1.82, 2.24) is 10.6 Å². The number of ether oxygens (including phenoxy) is 1. The second kappa shape index (κ2) is 11.0. The van der Waals surface area contributed by atoms with Crippen molar-refractivity contribution in [1.29, 1.82) is 0 Å². The van der Waals surface area contributed by atoms with Crippen LogP contribution < -0.4 is 15.4 Å². The summed E-state index contributed by atoms with van der Waals surface area (Å²) < 4.78 is 5.09. The Morgan fingerprint density at radius 3 is 2.46 bits per heavy atom. The van der Waals surface area contributed by atoms with Gasteiger partial charge in [-0.1, -0.05) is 29.3 Å². The number of aliphatic hydroxyl groups excluding tert-OH is 1. The number of halogens is 2. The molecule has 0 radical (unpaired) electrons. The third kappa shape index (κ3) is 6.78. The van der Waals surface area contributed by atoms with Crippen LogP contribution in [-0.2, 0) is 6.42 Å². The van der Waals surface area contributed by atoms with E-state index in [9.17, 15) is 10.2 Å². The molecule has 4 N–H and O–H groups in total. The first-order chi connectivity index (χ1) is 13.4. The van der Waals surface area contributed by atoms with Crippen LogP contribution in [0.3, 0.4) is 0 Å². The molecule has 0 aliphatic heterocycles. The molecule has 8 heteroatoms. The molecular weight excluding hydrogens is 401 g/mol. The Morgan fingerprint density at radius 1 is 1.14 bits per heavy atom. The lowest BCUT2D eigenvalue weighted by atomic mass is 10.1. The van der Waals surface area contributed by atoms with Gasteiger partial charge in [0.1, 0.15) is 11.5 Å². The van der Waals surface area contributed by atoms with Crippen molar-refractivity contribution >= 4 is 29.2 Å². The van der Waals surface area contributed by atoms with Crippen molar-refractivity contribution in [3.8, 4) is 11.5 Å². The van der Waals surface area contributed by atoms with Crippen LogP contribution in [-0.4, -0.2) is 42.9 Å². The monoisotopic (exact) mass is 425 g/mol. The van der Waals surface area contributed by atoms with E-state index in [1.165, 1.54) is 0 Å². The standard InChI is InChI=1S/C20H25Cl2N3O3/c1-3-23-20(24-7-6-13-4-5-17(28-2)11-18(13)26)25-12-19(27)14-8-15(21)10-16(22)9-14/h4-5,8-11,19,26-27H,3,6-7,12H2,1-2H3,(H2,23,24,25). The van der Waals surface area contributed by atoms with Gasteiger partial charge in [0.15, 0.2) is 5.96 Å². The minimum absolute atomic E-state index is 0.153. The zero-order chi connectivity index (χ0) is 20.5. The third-order valence-corrected chi connectivity index (χ3v) is 4.45. The molecule has 2 rings (SSSR count). The van der Waals surface area contributed by atoms with E-state index in [2.05, 4.69) is 15.6 Å². The first kappa shape index (κ1) is 22.1. The molecule has 2 aromatic carbocycles. The fourth-order valence-corrected chi connectivity index (χ4v) is 3.13. The van der Waals surface area contributed by atoms with Crippen LogP contribution in [0.2, 0.25) is 10.0 Å². The summed E-state index contributed by atoms with van der Waals surface area (Å²) in [5, 5.41) is 27.6. The lowest BCUT2D eigenvalue weighted by molar-refractivity contribution is 0.187. The van der Waals surface area contributed by atoms with E-state index in [0.717, 1.165) is 5.56 Å². The number of nitrogens with one attached hydrogen (secondary N) is 2. The molecule has 0 aliphatic rings. The summed E-state index contributed by atoms with van der Waals surface area (Å²) in [6.07, 6.45) is -0.218. The van der Waals surface area contributed by atoms with E-state index in [1.807, 2.05) is 13.0 Å². The summed E-state index contributed by atoms with van der Waals surface area (Å²) in [6.45, 7) is 3.35. The number of aliphatic imine (C=N–C) groups is 1. The predicted molar refractivity (Wildman–Crippen MR) is 114 cm³/mol. The molecule has 0 aliphatic carbocycles. The molecule has 0 heterocycles. The number of guanidine groups is 1. The summed E-state index contributed by atoms with van der Waals surface area (Å²) in [5.74, 6) is 1.37. The Balaban J connectivity index is 1.94. The fraction of sp³-hybridized carbons (Fsp3) is 0.350. The van der Waals surface area contributed by atoms with Crippen LogP contribution in [0.5, 0.6) is 11.5 Å². The van der Waals surface area contributed by atoms with Crippen molar-refractivity contribution in [3.05, 3.63) is 57.6 Å². The molecule has 0 saturated carbocycles. The molecule has 1 atom stereocenters. The number of phenolic OH excluding ortho intramolecular Hbond substituents is 1. The van der Waals surface area contributed by atoms with E-state index in [1.54, 1.807) is 37.4 Å². The van der Waals surface area contributed by atoms with E-state index in [0.29, 0.717) is 46.8 Å². The zero-order valence-electron chi connectivity index (χ0n) is 15.9. The maximum Gasteiger partial charge on any atom is 0.191 e. The van der Waals surface area contributed by atoms with Crippen LogP contribution in [0, 0.1) is 0 Å². The molecule has 0 spiro atoms. The minimum atomic E-state index is -0.822. The van der Waals surface area contributed by atoms with Crippen molar-refractivity contribution in [2.24, 2.45) is 4.99 Å². The fourth-order valence-electron chi connectivity index (χ4n) is 2.59. The van der Waals surface area contributed by atoms with E-state index < -0.39 is 6.10 Å². The normalized spacial score (nSPS) is 12.5. The lowest BCUT2D eigenvalue weighted by Crippen LogP contribution is -2.38. The average molecular weight is 426 g/mol. The number of aromatic hydroxyl groups is 1. The summed E-state index contributed by atoms with van der Waals surface area (Å²) in [4.78, 5) is 4.41. The maximum atomic E-state index is 10.4. The Kier molecular flexibility index (Phi) is 8.70. The topological polar surface area (TPSA) is 86.1 Å². The molecule has 0 bridgehead atoms. The molecule has 28 heavy (non-hydrogen) atoms. The van der Waals surface area contributed by atoms with Gasteiger partial charge in [-0.3, -0.25) is 4.99 Å². The van der Waals surface area contributed by atoms with Gasteiger partial charge in [-0.2, -0.15) is 0 Å². The number of hydrogen-bond acceptors (Lipinski definition) is 4. The van der Waals surface area contributed by atoms with Gasteiger partial charge in [-0.05, 0) is 48.7 Å². The Morgan fingerprint density at radius 2 is 1.86 bits per heavy atom. The molecule has 0 amide bonds. The van der Waals surface area contributed by atoms with Crippen molar-refractivity contribution in [2.45, 2.75) is 19.4 Å². The number of hydrogen-bond donors (Lipinski definition) is 4. The lowest BCUT2D eigenvalue weighted by Gasteiger charge is -2.14. The van der Waals surface area contributed by atoms with Crippen LogP contribution in [0.25, 0.3) is 0 Å². The van der Waals surface area contributed by atoms with Crippen molar-refractivity contribution < 1.29 is 14.9 Å². The molecule has 152 valence electrons. The van der Waals surface area contributed by atoms with Gasteiger partial charge in [0.05, 0.1) is 19.8 Å². The Hall–Kier alpha value is -2.15. The summed E-state index contributed by atoms with van der Waals surface area (Å²) in [6, 6.07) is 10.2. The Labute approximate surface area is 175 Å². The number of rotatable bonds is 8. The first-order valence-electron chi connectivity index (χ1n) is 8.95. The highest BCUT2D eigenvalue weighted by molar-refractivity contribution is 6.34. The predicted octanol–water partition coefficient (Wildman–Crippen LogP) is 3.54. The number of nitrogens with zero attached hydrogens (tertiary/aromatic N) is 1. The quantitative estimate of drug-likeness (QED) is 0.383. The van der Waals surface area contributed by atoms with Gasteiger partial charge in [0.2, 0.25) is 0 Å². The van der Waals surface area contributed by atoms with Crippen molar-refractivity contribution in [3.63, 3.8) is 0 Å². The smallest absolute Gasteiger partial charge is 0.191 e. The number of phenols is 1. The van der Waals surface area contributed by atoms with Gasteiger partial charge < -0.3 is 25.6 Å². The summed E-state index contributed by atoms with van der Waals surface area (Å²) in [5.41, 5.74) is 1.41. The largest absolute Gasteiger partial charge is 0.508 e. The van der Waals surface area contributed by atoms with Gasteiger partial charge in [-0.25, -0.2) is 0 Å². The number of benzene rings is 2. The molecular formula is C20H25Cl2N3O3. The molecule has 0 aromatic heterocycles. The molecule has 2 aromatic rings. The van der Waals surface area contributed by atoms with Crippen molar-refractivity contribution in [2.75, 3.05) is 26.7 Å². The highest BCUT2D eigenvalue weighted by Gasteiger charge is 2.10. The van der Waals surface area contributed by atoms with Gasteiger partial charge in [0, 0.05) is 29.2 Å². The van der Waals surface area contributed by atoms with E-state index >= 15 is 0 Å². The highest BCUT2D eigenvalue weighted by Crippen LogP contribution is 2.24. The molecule has 0 saturated heterocycles. The number of aliphatic hydroxyl groups is 1. The third-order valence-electron chi connectivity index (χ3n) is 4.02. The average Bonchev–Trinajstić information content (AvgIpc) is 2.66. The molecule has 0 fully saturated rings. The van der Waals surface area contributed by atoms with Gasteiger partial charge in [-0.15, -0.1) is 0 Å². The first-order valence-corrected chi connectivity index (χ1v) is 9.70. The second-order valence-electron chi connectivity index (χ2n) is 6.11. The second-order valence-corrected chi connectivity index (χ2v) is 6.98. The Bertz CT molecular complexity index is 795. The van der Waals surface area contributed by atoms with Crippen LogP contribution in [0.1, 0.15) is 24.2 Å². The summed E-state index contributed by atoms with van der Waals surface area (Å²) >= 11 is 12.0. The van der Waals surface area contributed by atoms with Gasteiger partial charge >= 0.3 is 0 Å². The minimum Gasteiger partial charge on any atom is -0.508 e. The molecule has 1 unspecified atom stereocenters. The zero-order valence-corrected chi connectivity index (χ0v) is 17.4. The SMILES string of the molecule is CCNC(=NCC(O)c1cc(Cl)cc(Cl)c1)NCCc1ccc(OC)cc1O. The van der Waals surface area contributed by atoms with Crippen LogP contribution in [0.15, 0.2) is 41.4 Å². The van der Waals surface area contributed by atoms with E-state index in [-0.39, 0.29) is 12.3 Å². The summed E-state index contributed by atoms with van der Waals surface area (Å²) in [7, 11) is 1.56. The highest BCUT2D eigenvalue weighted by atomic mass is 35.5. The van der Waals surface area contributed by atoms with E-state index in [4.69, 9.17) is 27.9 Å². The molecule has 6 nitrogen and oxygen atoms in total. The van der Waals surface area contributed by atoms with Crippen LogP contribution in [0.4, 0.5) is 0 Å². The van der Waals surface area contributed by atoms with Gasteiger partial charge in [0.25, 0.3) is 0 Å². The maximum absolute atomic E-state index is 10.4. The number of methoxy groups -OCH3 is 1.